The summed E-state index contributed by atoms with van der Waals surface area (Å²) in [4.78, 5) is 23.7. The van der Waals surface area contributed by atoms with Crippen molar-refractivity contribution in [2.45, 2.75) is 49.9 Å². The van der Waals surface area contributed by atoms with Crippen molar-refractivity contribution < 1.29 is 9.59 Å². The predicted molar refractivity (Wildman–Crippen MR) is 111 cm³/mol. The average molecular weight is 400 g/mol. The Kier molecular flexibility index (Phi) is 5.57. The molecule has 0 radical (unpaired) electrons. The molecule has 4 rings (SSSR count). The Morgan fingerprint density at radius 2 is 2.21 bits per heavy atom. The number of carbonyl (C=O) groups is 2. The van der Waals surface area contributed by atoms with E-state index in [-0.39, 0.29) is 24.0 Å². The Labute approximate surface area is 168 Å². The number of amides is 3. The van der Waals surface area contributed by atoms with Crippen LogP contribution in [0.15, 0.2) is 36.5 Å². The van der Waals surface area contributed by atoms with Gasteiger partial charge in [-0.15, -0.1) is 0 Å². The molecule has 3 atom stereocenters. The molecular formula is C20H25N5O2S. The Morgan fingerprint density at radius 1 is 1.32 bits per heavy atom. The van der Waals surface area contributed by atoms with Gasteiger partial charge in [-0.05, 0) is 44.0 Å². The topological polar surface area (TPSA) is 88.1 Å². The van der Waals surface area contributed by atoms with Gasteiger partial charge in [0.25, 0.3) is 0 Å². The van der Waals surface area contributed by atoms with Crippen LogP contribution in [0, 0.1) is 6.92 Å². The normalized spacial score (nSPS) is 23.2. The molecule has 2 fully saturated rings. The summed E-state index contributed by atoms with van der Waals surface area (Å²) in [6.45, 7) is 2.00. The standard InChI is InChI=1S/C20H25N5O2S/c1-13-9-10-21-25(13)15-6-4-5-14(11-15)22-18(26)8-3-2-7-17-19-16(12-28-17)23-20(27)24-19/h4-6,9-11,16-17,19H,2-3,7-8,12H2,1H3,(H,22,26)(H2,23,24,27)/t16-,17-,19-/m0/s1. The molecule has 0 bridgehead atoms. The summed E-state index contributed by atoms with van der Waals surface area (Å²) in [5.41, 5.74) is 2.76. The molecule has 0 saturated carbocycles. The number of hydrogen-bond acceptors (Lipinski definition) is 4. The van der Waals surface area contributed by atoms with E-state index in [0.717, 1.165) is 42.1 Å². The molecule has 1 aromatic heterocycles. The molecule has 3 heterocycles. The molecule has 148 valence electrons. The first-order valence-corrected chi connectivity index (χ1v) is 10.7. The summed E-state index contributed by atoms with van der Waals surface area (Å²) in [6.07, 6.45) is 5.12. The fraction of sp³-hybridized carbons (Fsp3) is 0.450. The van der Waals surface area contributed by atoms with E-state index < -0.39 is 0 Å². The summed E-state index contributed by atoms with van der Waals surface area (Å²) in [5, 5.41) is 13.7. The average Bonchev–Trinajstić information content (AvgIpc) is 3.35. The maximum absolute atomic E-state index is 12.3. The van der Waals surface area contributed by atoms with E-state index in [2.05, 4.69) is 21.0 Å². The maximum atomic E-state index is 12.3. The lowest BCUT2D eigenvalue weighted by molar-refractivity contribution is -0.116. The van der Waals surface area contributed by atoms with E-state index in [1.165, 1.54) is 0 Å². The molecule has 0 aliphatic carbocycles. The third-order valence-electron chi connectivity index (χ3n) is 5.29. The number of thioether (sulfide) groups is 1. The number of anilines is 1. The van der Waals surface area contributed by atoms with Crippen LogP contribution >= 0.6 is 11.8 Å². The number of nitrogens with zero attached hydrogens (tertiary/aromatic N) is 2. The van der Waals surface area contributed by atoms with Gasteiger partial charge in [0.2, 0.25) is 5.91 Å². The van der Waals surface area contributed by atoms with Crippen LogP contribution in [-0.2, 0) is 4.79 Å². The predicted octanol–water partition coefficient (Wildman–Crippen LogP) is 2.85. The minimum absolute atomic E-state index is 0.0297. The van der Waals surface area contributed by atoms with E-state index in [4.69, 9.17) is 0 Å². The van der Waals surface area contributed by atoms with Crippen LogP contribution in [0.5, 0.6) is 0 Å². The van der Waals surface area contributed by atoms with Crippen molar-refractivity contribution in [1.82, 2.24) is 20.4 Å². The third kappa shape index (κ3) is 4.16. The minimum atomic E-state index is -0.0489. The summed E-state index contributed by atoms with van der Waals surface area (Å²) >= 11 is 1.91. The number of carbonyl (C=O) groups excluding carboxylic acids is 2. The van der Waals surface area contributed by atoms with Gasteiger partial charge in [-0.2, -0.15) is 16.9 Å². The van der Waals surface area contributed by atoms with Crippen molar-refractivity contribution in [3.05, 3.63) is 42.2 Å². The van der Waals surface area contributed by atoms with Gasteiger partial charge in [0.1, 0.15) is 0 Å². The highest BCUT2D eigenvalue weighted by Gasteiger charge is 2.42. The molecule has 2 aliphatic heterocycles. The SMILES string of the molecule is Cc1ccnn1-c1cccc(NC(=O)CCCC[C@@H]2SC[C@@H]3NC(=O)N[C@@H]32)c1. The summed E-state index contributed by atoms with van der Waals surface area (Å²) in [6, 6.07) is 10.1. The zero-order valence-electron chi connectivity index (χ0n) is 15.9. The highest BCUT2D eigenvalue weighted by Crippen LogP contribution is 2.33. The summed E-state index contributed by atoms with van der Waals surface area (Å²) < 4.78 is 1.85. The molecule has 3 N–H and O–H groups in total. The quantitative estimate of drug-likeness (QED) is 0.493. The Bertz CT molecular complexity index is 868. The number of nitrogens with one attached hydrogen (secondary N) is 3. The fourth-order valence-corrected chi connectivity index (χ4v) is 5.40. The first-order valence-electron chi connectivity index (χ1n) is 9.70. The number of urea groups is 1. The Balaban J connectivity index is 1.22. The molecule has 3 amide bonds. The van der Waals surface area contributed by atoms with Gasteiger partial charge in [-0.1, -0.05) is 12.5 Å². The maximum Gasteiger partial charge on any atom is 0.315 e. The lowest BCUT2D eigenvalue weighted by Crippen LogP contribution is -2.36. The zero-order valence-corrected chi connectivity index (χ0v) is 16.7. The third-order valence-corrected chi connectivity index (χ3v) is 6.80. The smallest absolute Gasteiger partial charge is 0.315 e. The van der Waals surface area contributed by atoms with Crippen molar-refractivity contribution >= 4 is 29.4 Å². The van der Waals surface area contributed by atoms with Crippen molar-refractivity contribution in [3.63, 3.8) is 0 Å². The highest BCUT2D eigenvalue weighted by molar-refractivity contribution is 8.00. The highest BCUT2D eigenvalue weighted by atomic mass is 32.2. The molecule has 28 heavy (non-hydrogen) atoms. The number of unbranched alkanes of at least 4 members (excludes halogenated alkanes) is 1. The van der Waals surface area contributed by atoms with Gasteiger partial charge in [0, 0.05) is 35.0 Å². The van der Waals surface area contributed by atoms with Gasteiger partial charge in [0.15, 0.2) is 0 Å². The van der Waals surface area contributed by atoms with E-state index >= 15 is 0 Å². The van der Waals surface area contributed by atoms with Crippen LogP contribution in [0.3, 0.4) is 0 Å². The lowest BCUT2D eigenvalue weighted by Gasteiger charge is -2.16. The number of hydrogen-bond donors (Lipinski definition) is 3. The van der Waals surface area contributed by atoms with Crippen LogP contribution in [0.25, 0.3) is 5.69 Å². The first kappa shape index (κ1) is 18.9. The van der Waals surface area contributed by atoms with E-state index in [9.17, 15) is 9.59 Å². The van der Waals surface area contributed by atoms with Crippen LogP contribution in [0.4, 0.5) is 10.5 Å². The number of rotatable bonds is 7. The van der Waals surface area contributed by atoms with Crippen LogP contribution in [-0.4, -0.2) is 44.8 Å². The molecule has 1 aromatic carbocycles. The van der Waals surface area contributed by atoms with Crippen LogP contribution in [0.1, 0.15) is 31.4 Å². The van der Waals surface area contributed by atoms with Gasteiger partial charge >= 0.3 is 6.03 Å². The first-order chi connectivity index (χ1) is 13.6. The summed E-state index contributed by atoms with van der Waals surface area (Å²) in [7, 11) is 0. The van der Waals surface area contributed by atoms with Crippen molar-refractivity contribution in [2.75, 3.05) is 11.1 Å². The number of fused-ring (bicyclic) bond motifs is 1. The molecule has 2 aliphatic rings. The molecule has 8 heteroatoms. The monoisotopic (exact) mass is 399 g/mol. The molecule has 7 nitrogen and oxygen atoms in total. The fourth-order valence-electron chi connectivity index (χ4n) is 3.85. The second-order valence-electron chi connectivity index (χ2n) is 7.35. The second-order valence-corrected chi connectivity index (χ2v) is 8.62. The molecule has 0 spiro atoms. The Morgan fingerprint density at radius 3 is 3.04 bits per heavy atom. The minimum Gasteiger partial charge on any atom is -0.332 e. The molecular weight excluding hydrogens is 374 g/mol. The van der Waals surface area contributed by atoms with Gasteiger partial charge in [-0.3, -0.25) is 4.79 Å². The van der Waals surface area contributed by atoms with Gasteiger partial charge in [0.05, 0.1) is 17.8 Å². The van der Waals surface area contributed by atoms with Gasteiger partial charge < -0.3 is 16.0 Å². The lowest BCUT2D eigenvalue weighted by atomic mass is 10.0. The van der Waals surface area contributed by atoms with Crippen molar-refractivity contribution in [1.29, 1.82) is 0 Å². The molecule has 0 unspecified atom stereocenters. The van der Waals surface area contributed by atoms with E-state index in [0.29, 0.717) is 11.7 Å². The van der Waals surface area contributed by atoms with Gasteiger partial charge in [-0.25, -0.2) is 9.48 Å². The number of aromatic nitrogens is 2. The van der Waals surface area contributed by atoms with Crippen molar-refractivity contribution in [2.24, 2.45) is 0 Å². The molecule has 2 aromatic rings. The van der Waals surface area contributed by atoms with Crippen LogP contribution < -0.4 is 16.0 Å². The van der Waals surface area contributed by atoms with Crippen molar-refractivity contribution in [3.8, 4) is 5.69 Å². The second kappa shape index (κ2) is 8.26. The van der Waals surface area contributed by atoms with E-state index in [1.807, 2.05) is 53.7 Å². The number of benzene rings is 1. The van der Waals surface area contributed by atoms with E-state index in [1.54, 1.807) is 6.20 Å². The van der Waals surface area contributed by atoms with Crippen LogP contribution in [0.2, 0.25) is 0 Å². The summed E-state index contributed by atoms with van der Waals surface area (Å²) in [5.74, 6) is 1.00. The largest absolute Gasteiger partial charge is 0.332 e. The Hall–Kier alpha value is -2.48. The zero-order chi connectivity index (χ0) is 19.5. The molecule has 2 saturated heterocycles. The number of aryl methyl sites for hydroxylation is 1.